The lowest BCUT2D eigenvalue weighted by atomic mass is 9.80. The number of anilines is 4. The maximum absolute atomic E-state index is 13.9. The first-order chi connectivity index (χ1) is 37.8. The molecule has 0 bridgehead atoms. The highest BCUT2D eigenvalue weighted by Gasteiger charge is 2.44. The molecule has 19 nitrogen and oxygen atoms in total. The van der Waals surface area contributed by atoms with E-state index >= 15 is 0 Å². The van der Waals surface area contributed by atoms with Crippen LogP contribution in [-0.2, 0) is 24.4 Å². The minimum absolute atomic E-state index is 0.0210. The predicted octanol–water partition coefficient (Wildman–Crippen LogP) is 9.62. The summed E-state index contributed by atoms with van der Waals surface area (Å²) in [6.45, 7) is 14.1. The molecular weight excluding hydrogens is 1010 g/mol. The van der Waals surface area contributed by atoms with Crippen molar-refractivity contribution in [3.8, 4) is 34.4 Å². The highest BCUT2D eigenvalue weighted by Crippen LogP contribution is 2.45. The van der Waals surface area contributed by atoms with Gasteiger partial charge in [-0.2, -0.15) is 4.98 Å². The average Bonchev–Trinajstić information content (AvgIpc) is 4.36. The molecule has 3 N–H and O–H groups in total. The van der Waals surface area contributed by atoms with Gasteiger partial charge in [0.15, 0.2) is 11.2 Å². The molecule has 0 saturated carbocycles. The Balaban J connectivity index is 0.956. The topological polar surface area (TPSA) is 199 Å². The smallest absolute Gasteiger partial charge is 0.280 e. The van der Waals surface area contributed by atoms with Crippen molar-refractivity contribution in [2.45, 2.75) is 77.2 Å². The number of fused-ring (bicyclic) bond motifs is 1. The number of amides is 1. The van der Waals surface area contributed by atoms with Crippen LogP contribution in [0.1, 0.15) is 64.0 Å². The number of rotatable bonds is 20. The SMILES string of the molecule is COc1ccc(C(OCC2OC(n3cnc4c(=O)[nH]c(Nc5cc(-c6nnc(-c7ccc(N8CCN(C)CC8)cc7)o6)ccc5NC(C)=O)nc43)CC2OPN(C(C)C)C(C)C)(c2ccccc2)c2ccc(OC)cc2)cc1. The molecule has 2 fully saturated rings. The first-order valence-corrected chi connectivity index (χ1v) is 27.0. The first-order valence-electron chi connectivity index (χ1n) is 26.2. The van der Waals surface area contributed by atoms with E-state index in [-0.39, 0.29) is 56.6 Å². The van der Waals surface area contributed by atoms with Gasteiger partial charge in [0.25, 0.3) is 5.56 Å². The lowest BCUT2D eigenvalue weighted by molar-refractivity contribution is -0.114. The Morgan fingerprint density at radius 3 is 2.04 bits per heavy atom. The molecule has 20 heteroatoms. The standard InChI is InChI=1S/C58H66N11O8P/c1-36(2)69(37(3)4)78-77-49-33-51(75-50(49)34-74-58(41-12-10-9-11-13-41,42-17-23-45(72-7)24-18-42)43-19-25-46(73-8)26-20-43)68-35-59-52-53(68)62-57(63-54(52)71)61-48-32-40(16-27-47(48)60-38(5)70)56-65-64-55(76-56)39-14-21-44(22-15-39)67-30-28-66(6)29-31-67/h9-27,32,35-37,49-51,78H,28-31,33-34H2,1-8H3,(H,60,70)(H2,61,62,63,71). The average molecular weight is 1080 g/mol. The molecule has 4 unspecified atom stereocenters. The van der Waals surface area contributed by atoms with E-state index in [9.17, 15) is 9.59 Å². The summed E-state index contributed by atoms with van der Waals surface area (Å²) in [6, 6.07) is 39.7. The van der Waals surface area contributed by atoms with Crippen molar-refractivity contribution in [1.29, 1.82) is 0 Å². The minimum Gasteiger partial charge on any atom is -0.497 e. The minimum atomic E-state index is -1.12. The molecule has 3 aromatic heterocycles. The molecule has 0 aliphatic carbocycles. The first kappa shape index (κ1) is 53.9. The van der Waals surface area contributed by atoms with Crippen molar-refractivity contribution in [2.24, 2.45) is 0 Å². The van der Waals surface area contributed by atoms with Crippen LogP contribution < -0.4 is 30.6 Å². The fourth-order valence-corrected chi connectivity index (χ4v) is 11.0. The fraction of sp³-hybridized carbons (Fsp3) is 0.345. The Kier molecular flexibility index (Phi) is 16.3. The maximum Gasteiger partial charge on any atom is 0.280 e. The maximum atomic E-state index is 13.9. The molecule has 406 valence electrons. The summed E-state index contributed by atoms with van der Waals surface area (Å²) in [4.78, 5) is 43.5. The molecule has 78 heavy (non-hydrogen) atoms. The van der Waals surface area contributed by atoms with Crippen LogP contribution >= 0.6 is 8.96 Å². The van der Waals surface area contributed by atoms with Crippen LogP contribution in [0.2, 0.25) is 0 Å². The molecule has 5 aromatic carbocycles. The number of ether oxygens (including phenoxy) is 4. The molecule has 0 radical (unpaired) electrons. The molecule has 2 saturated heterocycles. The number of imidazole rings is 1. The third kappa shape index (κ3) is 11.5. The second kappa shape index (κ2) is 23.6. The van der Waals surface area contributed by atoms with Crippen LogP contribution in [0.4, 0.5) is 23.0 Å². The highest BCUT2D eigenvalue weighted by atomic mass is 31.1. The molecular formula is C58H66N11O8P. The van der Waals surface area contributed by atoms with Crippen molar-refractivity contribution in [3.63, 3.8) is 0 Å². The van der Waals surface area contributed by atoms with Crippen molar-refractivity contribution in [1.82, 2.24) is 39.3 Å². The molecule has 4 atom stereocenters. The summed E-state index contributed by atoms with van der Waals surface area (Å²) in [5.74, 6) is 1.83. The number of hydrogen-bond acceptors (Lipinski definition) is 16. The number of H-pyrrole nitrogens is 1. The van der Waals surface area contributed by atoms with Crippen LogP contribution in [0.15, 0.2) is 137 Å². The number of piperazine rings is 1. The van der Waals surface area contributed by atoms with Crippen molar-refractivity contribution < 1.29 is 32.7 Å². The van der Waals surface area contributed by atoms with E-state index in [1.54, 1.807) is 43.3 Å². The predicted molar refractivity (Wildman–Crippen MR) is 303 cm³/mol. The van der Waals surface area contributed by atoms with E-state index in [0.717, 1.165) is 54.1 Å². The zero-order valence-electron chi connectivity index (χ0n) is 45.1. The summed E-state index contributed by atoms with van der Waals surface area (Å²) in [6.07, 6.45) is 0.222. The molecule has 2 aliphatic heterocycles. The molecule has 0 spiro atoms. The second-order valence-electron chi connectivity index (χ2n) is 20.1. The second-order valence-corrected chi connectivity index (χ2v) is 21.0. The Bertz CT molecular complexity index is 3310. The lowest BCUT2D eigenvalue weighted by Crippen LogP contribution is -2.44. The van der Waals surface area contributed by atoms with Gasteiger partial charge in [-0.25, -0.2) is 4.98 Å². The van der Waals surface area contributed by atoms with Crippen LogP contribution in [0.5, 0.6) is 11.5 Å². The van der Waals surface area contributed by atoms with Crippen LogP contribution in [0.25, 0.3) is 34.1 Å². The van der Waals surface area contributed by atoms with Gasteiger partial charge in [-0.1, -0.05) is 54.6 Å². The van der Waals surface area contributed by atoms with E-state index < -0.39 is 29.6 Å². The zero-order valence-corrected chi connectivity index (χ0v) is 46.1. The summed E-state index contributed by atoms with van der Waals surface area (Å²) >= 11 is 0. The van der Waals surface area contributed by atoms with Crippen molar-refractivity contribution in [2.75, 3.05) is 69.6 Å². The van der Waals surface area contributed by atoms with E-state index in [0.29, 0.717) is 40.7 Å². The molecule has 10 rings (SSSR count). The monoisotopic (exact) mass is 1080 g/mol. The summed E-state index contributed by atoms with van der Waals surface area (Å²) < 4.78 is 42.8. The van der Waals surface area contributed by atoms with Gasteiger partial charge in [0.05, 0.1) is 53.6 Å². The van der Waals surface area contributed by atoms with Crippen molar-refractivity contribution in [3.05, 3.63) is 155 Å². The van der Waals surface area contributed by atoms with E-state index in [1.807, 2.05) is 78.9 Å². The van der Waals surface area contributed by atoms with Crippen LogP contribution in [0.3, 0.4) is 0 Å². The van der Waals surface area contributed by atoms with Crippen molar-refractivity contribution >= 4 is 49.0 Å². The number of aromatic nitrogens is 6. The number of carbonyl (C=O) groups excluding carboxylic acids is 1. The largest absolute Gasteiger partial charge is 0.497 e. The Morgan fingerprint density at radius 2 is 1.42 bits per heavy atom. The fourth-order valence-electron chi connectivity index (χ4n) is 10.1. The normalized spacial score (nSPS) is 17.3. The number of carbonyl (C=O) groups is 1. The summed E-state index contributed by atoms with van der Waals surface area (Å²) in [5, 5.41) is 14.9. The lowest BCUT2D eigenvalue weighted by Gasteiger charge is -2.37. The van der Waals surface area contributed by atoms with Gasteiger partial charge in [-0.05, 0) is 118 Å². The van der Waals surface area contributed by atoms with Crippen LogP contribution in [-0.4, -0.2) is 124 Å². The van der Waals surface area contributed by atoms with Gasteiger partial charge in [-0.3, -0.25) is 23.8 Å². The van der Waals surface area contributed by atoms with Gasteiger partial charge in [-0.15, -0.1) is 10.2 Å². The van der Waals surface area contributed by atoms with Crippen LogP contribution in [0, 0.1) is 0 Å². The number of aromatic amines is 1. The summed E-state index contributed by atoms with van der Waals surface area (Å²) in [5.41, 5.74) is 4.76. The number of likely N-dealkylation sites (N-methyl/N-ethyl adjacent to an activating group) is 1. The quantitative estimate of drug-likeness (QED) is 0.0481. The Morgan fingerprint density at radius 1 is 0.808 bits per heavy atom. The van der Waals surface area contributed by atoms with Gasteiger partial charge in [0.2, 0.25) is 23.6 Å². The van der Waals surface area contributed by atoms with E-state index in [4.69, 9.17) is 32.9 Å². The molecule has 2 aliphatic rings. The highest BCUT2D eigenvalue weighted by molar-refractivity contribution is 7.29. The molecule has 1 amide bonds. The Labute approximate surface area is 455 Å². The number of benzene rings is 5. The van der Waals surface area contributed by atoms with Gasteiger partial charge < -0.3 is 48.3 Å². The third-order valence-corrected chi connectivity index (χ3v) is 15.9. The number of hydrogen-bond donors (Lipinski definition) is 3. The number of methoxy groups -OCH3 is 2. The molecule has 5 heterocycles. The third-order valence-electron chi connectivity index (χ3n) is 14.2. The number of nitrogens with zero attached hydrogens (tertiary/aromatic N) is 8. The van der Waals surface area contributed by atoms with Gasteiger partial charge >= 0.3 is 0 Å². The molecule has 8 aromatic rings. The van der Waals surface area contributed by atoms with E-state index in [2.05, 4.69) is 104 Å². The summed E-state index contributed by atoms with van der Waals surface area (Å²) in [7, 11) is 5.45. The number of nitrogens with one attached hydrogen (secondary N) is 3. The Hall–Kier alpha value is -7.51. The van der Waals surface area contributed by atoms with E-state index in [1.165, 1.54) is 6.92 Å². The van der Waals surface area contributed by atoms with Gasteiger partial charge in [0.1, 0.15) is 29.4 Å². The zero-order chi connectivity index (χ0) is 54.5. The van der Waals surface area contributed by atoms with Gasteiger partial charge in [0, 0.05) is 68.4 Å².